The molecule has 0 saturated carbocycles. The van der Waals surface area contributed by atoms with Crippen LogP contribution in [0.4, 0.5) is 0 Å². The number of amides is 3. The minimum Gasteiger partial charge on any atom is -0.460 e. The number of nitrogens with one attached hydrogen (secondary N) is 3. The smallest absolute Gasteiger partial charge is 0.328 e. The van der Waals surface area contributed by atoms with Crippen molar-refractivity contribution < 1.29 is 23.9 Å². The highest BCUT2D eigenvalue weighted by Gasteiger charge is 2.34. The summed E-state index contributed by atoms with van der Waals surface area (Å²) in [6.45, 7) is 9.38. The molecule has 3 amide bonds. The Kier molecular flexibility index (Phi) is 11.6. The maximum atomic E-state index is 13.2. The quantitative estimate of drug-likeness (QED) is 0.458. The first-order chi connectivity index (χ1) is 17.5. The fourth-order valence-corrected chi connectivity index (χ4v) is 4.34. The molecule has 0 aliphatic carbocycles. The van der Waals surface area contributed by atoms with E-state index in [1.165, 1.54) is 6.92 Å². The van der Waals surface area contributed by atoms with Gasteiger partial charge >= 0.3 is 5.97 Å². The summed E-state index contributed by atoms with van der Waals surface area (Å²) in [4.78, 5) is 52.4. The maximum absolute atomic E-state index is 13.2. The number of unbranched alkanes of at least 4 members (excludes halogenated alkanes) is 1. The van der Waals surface area contributed by atoms with E-state index in [4.69, 9.17) is 4.74 Å². The molecule has 5 atom stereocenters. The lowest BCUT2D eigenvalue weighted by atomic mass is 9.94. The van der Waals surface area contributed by atoms with E-state index in [1.54, 1.807) is 24.3 Å². The molecular weight excluding hydrogens is 472 g/mol. The molecule has 1 saturated heterocycles. The molecule has 202 valence electrons. The van der Waals surface area contributed by atoms with Crippen LogP contribution >= 0.6 is 0 Å². The molecule has 1 fully saturated rings. The number of nitrogens with zero attached hydrogens (tertiary/aromatic N) is 1. The Labute approximate surface area is 219 Å². The van der Waals surface area contributed by atoms with Gasteiger partial charge in [0.15, 0.2) is 0 Å². The van der Waals surface area contributed by atoms with E-state index in [9.17, 15) is 24.4 Å². The Morgan fingerprint density at radius 1 is 1.03 bits per heavy atom. The van der Waals surface area contributed by atoms with Crippen molar-refractivity contribution in [1.29, 1.82) is 5.26 Å². The van der Waals surface area contributed by atoms with Gasteiger partial charge in [-0.2, -0.15) is 5.26 Å². The van der Waals surface area contributed by atoms with Crippen LogP contribution in [0.15, 0.2) is 24.3 Å². The lowest BCUT2D eigenvalue weighted by Crippen LogP contribution is -2.55. The van der Waals surface area contributed by atoms with Gasteiger partial charge in [0.1, 0.15) is 24.2 Å². The van der Waals surface area contributed by atoms with E-state index < -0.39 is 47.9 Å². The molecule has 0 aromatic heterocycles. The number of cyclic esters (lactones) is 1. The zero-order chi connectivity index (χ0) is 27.5. The van der Waals surface area contributed by atoms with Crippen LogP contribution in [0.3, 0.4) is 0 Å². The van der Waals surface area contributed by atoms with Crippen molar-refractivity contribution in [2.45, 2.75) is 97.4 Å². The normalized spacial score (nSPS) is 24.4. The molecule has 0 spiro atoms. The number of carbonyl (C=O) groups is 4. The maximum Gasteiger partial charge on any atom is 0.328 e. The summed E-state index contributed by atoms with van der Waals surface area (Å²) in [5.41, 5.74) is 0.998. The third-order valence-corrected chi connectivity index (χ3v) is 6.58. The van der Waals surface area contributed by atoms with Gasteiger partial charge in [-0.15, -0.1) is 0 Å². The lowest BCUT2D eigenvalue weighted by molar-refractivity contribution is -0.157. The van der Waals surface area contributed by atoms with Crippen LogP contribution in [-0.4, -0.2) is 47.9 Å². The number of carbonyl (C=O) groups excluding carboxylic acids is 4. The van der Waals surface area contributed by atoms with Gasteiger partial charge in [0.05, 0.1) is 18.1 Å². The SMILES string of the molecule is CCCC[C@H](C)[C@@H]1CC(=O)N[C@@H](Cc2ccccc2C#N)C(=O)N[C@@H](C)C(=O)N[C@H](CC(C)C)C(=O)O1. The number of rotatable bonds is 8. The Balaban J connectivity index is 2.41. The predicted molar refractivity (Wildman–Crippen MR) is 139 cm³/mol. The first kappa shape index (κ1) is 29.8. The second-order valence-electron chi connectivity index (χ2n) is 10.3. The van der Waals surface area contributed by atoms with Gasteiger partial charge in [0.25, 0.3) is 0 Å². The Morgan fingerprint density at radius 3 is 2.38 bits per heavy atom. The van der Waals surface area contributed by atoms with Crippen LogP contribution in [0, 0.1) is 23.2 Å². The number of hydrogen-bond acceptors (Lipinski definition) is 6. The summed E-state index contributed by atoms with van der Waals surface area (Å²) >= 11 is 0. The summed E-state index contributed by atoms with van der Waals surface area (Å²) in [6, 6.07) is 6.08. The molecule has 3 N–H and O–H groups in total. The third kappa shape index (κ3) is 9.19. The van der Waals surface area contributed by atoms with Crippen molar-refractivity contribution in [3.05, 3.63) is 35.4 Å². The highest BCUT2D eigenvalue weighted by Crippen LogP contribution is 2.21. The van der Waals surface area contributed by atoms with E-state index in [1.807, 2.05) is 20.8 Å². The third-order valence-electron chi connectivity index (χ3n) is 6.58. The number of esters is 1. The molecular formula is C28H40N4O5. The van der Waals surface area contributed by atoms with Crippen molar-refractivity contribution in [1.82, 2.24) is 16.0 Å². The molecule has 0 unspecified atom stereocenters. The van der Waals surface area contributed by atoms with E-state index >= 15 is 0 Å². The molecule has 1 aliphatic rings. The molecule has 37 heavy (non-hydrogen) atoms. The predicted octanol–water partition coefficient (Wildman–Crippen LogP) is 2.76. The number of benzene rings is 1. The van der Waals surface area contributed by atoms with Crippen LogP contribution in [0.5, 0.6) is 0 Å². The number of ether oxygens (including phenoxy) is 1. The summed E-state index contributed by atoms with van der Waals surface area (Å²) in [5, 5.41) is 17.6. The van der Waals surface area contributed by atoms with Gasteiger partial charge < -0.3 is 20.7 Å². The Morgan fingerprint density at radius 2 is 1.73 bits per heavy atom. The van der Waals surface area contributed by atoms with Crippen molar-refractivity contribution >= 4 is 23.7 Å². The van der Waals surface area contributed by atoms with Gasteiger partial charge in [0, 0.05) is 6.42 Å². The number of hydrogen-bond donors (Lipinski definition) is 3. The topological polar surface area (TPSA) is 137 Å². The van der Waals surface area contributed by atoms with Gasteiger partial charge in [-0.3, -0.25) is 14.4 Å². The van der Waals surface area contributed by atoms with E-state index in [-0.39, 0.29) is 24.7 Å². The molecule has 0 bridgehead atoms. The molecule has 1 aliphatic heterocycles. The van der Waals surface area contributed by atoms with Gasteiger partial charge in [-0.05, 0) is 43.2 Å². The monoisotopic (exact) mass is 512 g/mol. The first-order valence-corrected chi connectivity index (χ1v) is 13.1. The van der Waals surface area contributed by atoms with Crippen LogP contribution in [0.2, 0.25) is 0 Å². The van der Waals surface area contributed by atoms with Crippen LogP contribution in [0.25, 0.3) is 0 Å². The second-order valence-corrected chi connectivity index (χ2v) is 10.3. The summed E-state index contributed by atoms with van der Waals surface area (Å²) < 4.78 is 5.84. The van der Waals surface area contributed by atoms with Crippen LogP contribution in [0.1, 0.15) is 77.8 Å². The fraction of sp³-hybridized carbons (Fsp3) is 0.607. The standard InChI is InChI=1S/C28H40N4O5/c1-6-7-10-18(4)24-15-25(33)31-22(14-20-11-8-9-12-21(20)16-29)27(35)30-19(5)26(34)32-23(13-17(2)3)28(36)37-24/h8-9,11-12,17-19,22-24H,6-7,10,13-15H2,1-5H3,(H,30,35)(H,31,33)(H,32,34)/t18-,19-,22-,23+,24-/m0/s1. The first-order valence-electron chi connectivity index (χ1n) is 13.1. The zero-order valence-electron chi connectivity index (χ0n) is 22.5. The molecule has 0 radical (unpaired) electrons. The highest BCUT2D eigenvalue weighted by molar-refractivity contribution is 5.94. The van der Waals surface area contributed by atoms with Crippen molar-refractivity contribution in [2.24, 2.45) is 11.8 Å². The zero-order valence-corrected chi connectivity index (χ0v) is 22.5. The summed E-state index contributed by atoms with van der Waals surface area (Å²) in [6.07, 6.45) is 2.25. The van der Waals surface area contributed by atoms with Gasteiger partial charge in [-0.1, -0.05) is 58.7 Å². The van der Waals surface area contributed by atoms with Crippen molar-refractivity contribution in [3.63, 3.8) is 0 Å². The Bertz CT molecular complexity index is 1000. The molecule has 1 aromatic rings. The largest absolute Gasteiger partial charge is 0.460 e. The van der Waals surface area contributed by atoms with Gasteiger partial charge in [-0.25, -0.2) is 4.79 Å². The van der Waals surface area contributed by atoms with Crippen LogP contribution in [-0.2, 0) is 30.3 Å². The van der Waals surface area contributed by atoms with Gasteiger partial charge in [0.2, 0.25) is 17.7 Å². The van der Waals surface area contributed by atoms with Crippen molar-refractivity contribution in [3.8, 4) is 6.07 Å². The highest BCUT2D eigenvalue weighted by atomic mass is 16.5. The molecule has 1 heterocycles. The summed E-state index contributed by atoms with van der Waals surface area (Å²) in [5.74, 6) is -2.09. The fourth-order valence-electron chi connectivity index (χ4n) is 4.34. The molecule has 9 nitrogen and oxygen atoms in total. The van der Waals surface area contributed by atoms with E-state index in [0.717, 1.165) is 19.3 Å². The average Bonchev–Trinajstić information content (AvgIpc) is 2.85. The minimum absolute atomic E-state index is 0.0709. The second kappa shape index (κ2) is 14.4. The number of nitriles is 1. The van der Waals surface area contributed by atoms with E-state index in [2.05, 4.69) is 28.9 Å². The average molecular weight is 513 g/mol. The van der Waals surface area contributed by atoms with Crippen LogP contribution < -0.4 is 16.0 Å². The lowest BCUT2D eigenvalue weighted by Gasteiger charge is -2.27. The summed E-state index contributed by atoms with van der Waals surface area (Å²) in [7, 11) is 0. The minimum atomic E-state index is -1.02. The molecule has 1 aromatic carbocycles. The molecule has 9 heteroatoms. The molecule has 2 rings (SSSR count). The van der Waals surface area contributed by atoms with E-state index in [0.29, 0.717) is 17.5 Å². The van der Waals surface area contributed by atoms with Crippen molar-refractivity contribution in [2.75, 3.05) is 0 Å². The Hall–Kier alpha value is -3.41.